The molecule has 2 aliphatic rings. The Labute approximate surface area is 126 Å². The van der Waals surface area contributed by atoms with Crippen molar-refractivity contribution >= 4 is 5.91 Å². The maximum absolute atomic E-state index is 12.4. The average Bonchev–Trinajstić information content (AvgIpc) is 2.57. The lowest BCUT2D eigenvalue weighted by atomic mass is 9.91. The molecule has 0 saturated carbocycles. The fourth-order valence-electron chi connectivity index (χ4n) is 3.15. The molecule has 2 heterocycles. The highest BCUT2D eigenvalue weighted by atomic mass is 16.5. The van der Waals surface area contributed by atoms with E-state index in [1.165, 1.54) is 18.4 Å². The number of amides is 1. The van der Waals surface area contributed by atoms with Crippen LogP contribution in [0.2, 0.25) is 0 Å². The third kappa shape index (κ3) is 3.83. The molecular formula is C17H24N2O2. The predicted octanol–water partition coefficient (Wildman–Crippen LogP) is 1.70. The van der Waals surface area contributed by atoms with Gasteiger partial charge in [-0.3, -0.25) is 4.79 Å². The second kappa shape index (κ2) is 7.05. The smallest absolute Gasteiger partial charge is 0.254 e. The number of hydrogen-bond acceptors (Lipinski definition) is 3. The molecule has 1 amide bonds. The molecule has 0 atom stereocenters. The fraction of sp³-hybridized carbons (Fsp3) is 0.588. The van der Waals surface area contributed by atoms with Crippen LogP contribution in [0.25, 0.3) is 0 Å². The Hall–Kier alpha value is -1.39. The first-order chi connectivity index (χ1) is 10.3. The highest BCUT2D eigenvalue weighted by Crippen LogP contribution is 2.19. The average molecular weight is 288 g/mol. The van der Waals surface area contributed by atoms with Gasteiger partial charge in [0.25, 0.3) is 5.91 Å². The van der Waals surface area contributed by atoms with Crippen LogP contribution >= 0.6 is 0 Å². The van der Waals surface area contributed by atoms with Gasteiger partial charge in [0.2, 0.25) is 0 Å². The number of nitrogens with zero attached hydrogens (tertiary/aromatic N) is 1. The lowest BCUT2D eigenvalue weighted by Crippen LogP contribution is -2.40. The van der Waals surface area contributed by atoms with E-state index in [9.17, 15) is 4.79 Å². The van der Waals surface area contributed by atoms with Gasteiger partial charge in [-0.1, -0.05) is 12.1 Å². The van der Waals surface area contributed by atoms with E-state index >= 15 is 0 Å². The van der Waals surface area contributed by atoms with Crippen LogP contribution in [-0.2, 0) is 11.2 Å². The molecule has 0 aliphatic carbocycles. The molecule has 3 rings (SSSR count). The van der Waals surface area contributed by atoms with E-state index < -0.39 is 0 Å². The topological polar surface area (TPSA) is 41.6 Å². The van der Waals surface area contributed by atoms with E-state index in [1.54, 1.807) is 0 Å². The molecule has 21 heavy (non-hydrogen) atoms. The second-order valence-electron chi connectivity index (χ2n) is 6.00. The van der Waals surface area contributed by atoms with Gasteiger partial charge in [0.05, 0.1) is 13.2 Å². The van der Waals surface area contributed by atoms with Crippen molar-refractivity contribution in [1.29, 1.82) is 0 Å². The highest BCUT2D eigenvalue weighted by molar-refractivity contribution is 5.94. The first kappa shape index (κ1) is 14.5. The molecule has 1 aromatic rings. The van der Waals surface area contributed by atoms with Crippen LogP contribution in [0.5, 0.6) is 0 Å². The number of hydrogen-bond donors (Lipinski definition) is 1. The maximum Gasteiger partial charge on any atom is 0.254 e. The summed E-state index contributed by atoms with van der Waals surface area (Å²) in [6, 6.07) is 8.20. The first-order valence-corrected chi connectivity index (χ1v) is 7.99. The summed E-state index contributed by atoms with van der Waals surface area (Å²) >= 11 is 0. The Bertz CT molecular complexity index is 460. The van der Waals surface area contributed by atoms with Gasteiger partial charge >= 0.3 is 0 Å². The van der Waals surface area contributed by atoms with Crippen LogP contribution in [-0.4, -0.2) is 50.2 Å². The van der Waals surface area contributed by atoms with Gasteiger partial charge in [0.1, 0.15) is 0 Å². The lowest BCUT2D eigenvalue weighted by Gasteiger charge is -2.27. The van der Waals surface area contributed by atoms with Gasteiger partial charge in [-0.15, -0.1) is 0 Å². The minimum absolute atomic E-state index is 0.131. The molecule has 0 bridgehead atoms. The van der Waals surface area contributed by atoms with Gasteiger partial charge in [-0.05, 0) is 56.0 Å². The molecular weight excluding hydrogens is 264 g/mol. The van der Waals surface area contributed by atoms with Crippen LogP contribution < -0.4 is 5.32 Å². The number of ether oxygens (including phenoxy) is 1. The maximum atomic E-state index is 12.4. The zero-order valence-corrected chi connectivity index (χ0v) is 12.5. The fourth-order valence-corrected chi connectivity index (χ4v) is 3.15. The van der Waals surface area contributed by atoms with E-state index in [2.05, 4.69) is 17.4 Å². The van der Waals surface area contributed by atoms with Crippen molar-refractivity contribution in [3.63, 3.8) is 0 Å². The number of piperidine rings is 1. The van der Waals surface area contributed by atoms with E-state index in [1.807, 2.05) is 17.0 Å². The first-order valence-electron chi connectivity index (χ1n) is 7.99. The van der Waals surface area contributed by atoms with E-state index in [0.29, 0.717) is 26.3 Å². The van der Waals surface area contributed by atoms with E-state index in [0.717, 1.165) is 31.0 Å². The largest absolute Gasteiger partial charge is 0.378 e. The number of carbonyl (C=O) groups excluding carboxylic acids is 1. The van der Waals surface area contributed by atoms with Crippen molar-refractivity contribution in [2.45, 2.75) is 19.3 Å². The summed E-state index contributed by atoms with van der Waals surface area (Å²) in [6.45, 7) is 4.99. The van der Waals surface area contributed by atoms with Crippen molar-refractivity contribution in [3.05, 3.63) is 35.4 Å². The van der Waals surface area contributed by atoms with Gasteiger partial charge in [-0.25, -0.2) is 0 Å². The van der Waals surface area contributed by atoms with Crippen molar-refractivity contribution in [1.82, 2.24) is 10.2 Å². The standard InChI is InChI=1S/C17H24N2O2/c20-17(19-9-11-21-12-10-19)16-3-1-14(2-4-16)13-15-5-7-18-8-6-15/h1-4,15,18H,5-13H2. The predicted molar refractivity (Wildman–Crippen MR) is 82.5 cm³/mol. The zero-order valence-electron chi connectivity index (χ0n) is 12.5. The number of nitrogens with one attached hydrogen (secondary N) is 1. The van der Waals surface area contributed by atoms with E-state index in [4.69, 9.17) is 4.74 Å². The Kier molecular flexibility index (Phi) is 4.88. The number of morpholine rings is 1. The van der Waals surface area contributed by atoms with Crippen LogP contribution in [0.4, 0.5) is 0 Å². The second-order valence-corrected chi connectivity index (χ2v) is 6.00. The molecule has 114 valence electrons. The Morgan fingerprint density at radius 1 is 1.14 bits per heavy atom. The molecule has 2 saturated heterocycles. The monoisotopic (exact) mass is 288 g/mol. The third-order valence-electron chi connectivity index (χ3n) is 4.48. The van der Waals surface area contributed by atoms with Crippen molar-refractivity contribution in [2.75, 3.05) is 39.4 Å². The third-order valence-corrected chi connectivity index (χ3v) is 4.48. The van der Waals surface area contributed by atoms with Crippen molar-refractivity contribution < 1.29 is 9.53 Å². The van der Waals surface area contributed by atoms with E-state index in [-0.39, 0.29) is 5.91 Å². The normalized spacial score (nSPS) is 20.5. The van der Waals surface area contributed by atoms with Crippen LogP contribution in [0.3, 0.4) is 0 Å². The van der Waals surface area contributed by atoms with Gasteiger partial charge < -0.3 is 15.0 Å². The summed E-state index contributed by atoms with van der Waals surface area (Å²) in [5, 5.41) is 3.40. The molecule has 0 unspecified atom stereocenters. The molecule has 4 heteroatoms. The molecule has 0 aromatic heterocycles. The van der Waals surface area contributed by atoms with Gasteiger partial charge in [0, 0.05) is 18.7 Å². The summed E-state index contributed by atoms with van der Waals surface area (Å²) in [5.74, 6) is 0.916. The minimum atomic E-state index is 0.131. The summed E-state index contributed by atoms with van der Waals surface area (Å²) in [7, 11) is 0. The quantitative estimate of drug-likeness (QED) is 0.920. The molecule has 0 radical (unpaired) electrons. The molecule has 4 nitrogen and oxygen atoms in total. The number of carbonyl (C=O) groups is 1. The van der Waals surface area contributed by atoms with Crippen molar-refractivity contribution in [3.8, 4) is 0 Å². The van der Waals surface area contributed by atoms with Crippen molar-refractivity contribution in [2.24, 2.45) is 5.92 Å². The SMILES string of the molecule is O=C(c1ccc(CC2CCNCC2)cc1)N1CCOCC1. The minimum Gasteiger partial charge on any atom is -0.378 e. The van der Waals surface area contributed by atoms with Gasteiger partial charge in [-0.2, -0.15) is 0 Å². The zero-order chi connectivity index (χ0) is 14.5. The Morgan fingerprint density at radius 3 is 2.48 bits per heavy atom. The highest BCUT2D eigenvalue weighted by Gasteiger charge is 2.18. The lowest BCUT2D eigenvalue weighted by molar-refractivity contribution is 0.0303. The molecule has 1 N–H and O–H groups in total. The van der Waals surface area contributed by atoms with Gasteiger partial charge in [0.15, 0.2) is 0 Å². The summed E-state index contributed by atoms with van der Waals surface area (Å²) in [5.41, 5.74) is 2.14. The summed E-state index contributed by atoms with van der Waals surface area (Å²) in [6.07, 6.45) is 3.65. The van der Waals surface area contributed by atoms with Crippen LogP contribution in [0.1, 0.15) is 28.8 Å². The molecule has 0 spiro atoms. The number of benzene rings is 1. The molecule has 1 aromatic carbocycles. The van der Waals surface area contributed by atoms with Crippen LogP contribution in [0.15, 0.2) is 24.3 Å². The molecule has 2 fully saturated rings. The Balaban J connectivity index is 1.59. The van der Waals surface area contributed by atoms with Crippen LogP contribution in [0, 0.1) is 5.92 Å². The summed E-state index contributed by atoms with van der Waals surface area (Å²) in [4.78, 5) is 14.2. The summed E-state index contributed by atoms with van der Waals surface area (Å²) < 4.78 is 5.29. The number of rotatable bonds is 3. The molecule has 2 aliphatic heterocycles. The Morgan fingerprint density at radius 2 is 1.81 bits per heavy atom.